The molecule has 19 heavy (non-hydrogen) atoms. The fourth-order valence-electron chi connectivity index (χ4n) is 1.95. The highest BCUT2D eigenvalue weighted by Gasteiger charge is 2.13. The van der Waals surface area contributed by atoms with Crippen LogP contribution in [0.4, 0.5) is 11.4 Å². The molecule has 0 aliphatic rings. The van der Waals surface area contributed by atoms with E-state index in [1.807, 2.05) is 43.3 Å². The lowest BCUT2D eigenvalue weighted by atomic mass is 10.1. The van der Waals surface area contributed by atoms with Crippen LogP contribution >= 0.6 is 0 Å². The van der Waals surface area contributed by atoms with Crippen LogP contribution < -0.4 is 10.6 Å². The summed E-state index contributed by atoms with van der Waals surface area (Å²) < 4.78 is 0. The molecule has 1 aromatic heterocycles. The van der Waals surface area contributed by atoms with Crippen LogP contribution in [0.2, 0.25) is 0 Å². The molecule has 0 saturated heterocycles. The van der Waals surface area contributed by atoms with Gasteiger partial charge in [-0.25, -0.2) is 0 Å². The zero-order valence-corrected chi connectivity index (χ0v) is 10.9. The highest BCUT2D eigenvalue weighted by molar-refractivity contribution is 5.75. The quantitative estimate of drug-likeness (QED) is 0.835. The van der Waals surface area contributed by atoms with Crippen LogP contribution in [0.5, 0.6) is 0 Å². The molecule has 0 saturated carbocycles. The summed E-state index contributed by atoms with van der Waals surface area (Å²) in [7, 11) is 0. The zero-order valence-electron chi connectivity index (χ0n) is 10.9. The van der Waals surface area contributed by atoms with Gasteiger partial charge in [0.1, 0.15) is 0 Å². The van der Waals surface area contributed by atoms with Gasteiger partial charge in [0.25, 0.3) is 0 Å². The lowest BCUT2D eigenvalue weighted by Gasteiger charge is -2.21. The van der Waals surface area contributed by atoms with E-state index in [4.69, 9.17) is 5.73 Å². The third kappa shape index (κ3) is 3.31. The Labute approximate surface area is 112 Å². The van der Waals surface area contributed by atoms with Crippen LogP contribution in [0.25, 0.3) is 0 Å². The molecular formula is C15H17N3O. The van der Waals surface area contributed by atoms with Crippen molar-refractivity contribution in [1.82, 2.24) is 4.98 Å². The van der Waals surface area contributed by atoms with Gasteiger partial charge < -0.3 is 10.6 Å². The fraction of sp³-hybridized carbons (Fsp3) is 0.200. The van der Waals surface area contributed by atoms with Crippen molar-refractivity contribution in [3.8, 4) is 0 Å². The maximum Gasteiger partial charge on any atom is 0.214 e. The maximum absolute atomic E-state index is 11.2. The van der Waals surface area contributed by atoms with Gasteiger partial charge in [0, 0.05) is 35.7 Å². The minimum atomic E-state index is 0.119. The summed E-state index contributed by atoms with van der Waals surface area (Å²) in [4.78, 5) is 17.2. The van der Waals surface area contributed by atoms with E-state index in [-0.39, 0.29) is 5.92 Å². The molecule has 2 aromatic rings. The summed E-state index contributed by atoms with van der Waals surface area (Å²) in [6.07, 6.45) is 2.53. The van der Waals surface area contributed by atoms with Gasteiger partial charge in [0.05, 0.1) is 0 Å². The summed E-state index contributed by atoms with van der Waals surface area (Å²) >= 11 is 0. The van der Waals surface area contributed by atoms with Crippen molar-refractivity contribution in [2.45, 2.75) is 12.8 Å². The molecule has 0 bridgehead atoms. The summed E-state index contributed by atoms with van der Waals surface area (Å²) in [6, 6.07) is 13.2. The highest BCUT2D eigenvalue weighted by Crippen LogP contribution is 2.19. The van der Waals surface area contributed by atoms with Crippen molar-refractivity contribution < 1.29 is 4.79 Å². The number of nitrogen functional groups attached to an aromatic ring is 1. The molecule has 1 atom stereocenters. The van der Waals surface area contributed by atoms with Crippen molar-refractivity contribution in [2.24, 2.45) is 0 Å². The molecule has 0 aliphatic carbocycles. The van der Waals surface area contributed by atoms with Crippen molar-refractivity contribution in [3.63, 3.8) is 0 Å². The number of nitrogens with zero attached hydrogens (tertiary/aromatic N) is 2. The Morgan fingerprint density at radius 2 is 2.05 bits per heavy atom. The van der Waals surface area contributed by atoms with Crippen molar-refractivity contribution in [3.05, 3.63) is 54.4 Å². The minimum Gasteiger partial charge on any atom is -0.399 e. The van der Waals surface area contributed by atoms with E-state index >= 15 is 0 Å². The molecule has 2 rings (SSSR count). The van der Waals surface area contributed by atoms with Crippen LogP contribution in [0, 0.1) is 0 Å². The first kappa shape index (κ1) is 13.1. The SMILES string of the molecule is CC(CN(C=O)c1ccccc1)c1cc(N)ccn1. The van der Waals surface area contributed by atoms with Gasteiger partial charge in [-0.3, -0.25) is 9.78 Å². The predicted octanol–water partition coefficient (Wildman–Crippen LogP) is 2.43. The third-order valence-corrected chi connectivity index (χ3v) is 3.00. The van der Waals surface area contributed by atoms with E-state index < -0.39 is 0 Å². The monoisotopic (exact) mass is 255 g/mol. The number of aromatic nitrogens is 1. The second-order valence-corrected chi connectivity index (χ2v) is 4.51. The molecule has 0 radical (unpaired) electrons. The smallest absolute Gasteiger partial charge is 0.214 e. The van der Waals surface area contributed by atoms with Gasteiger partial charge in [-0.15, -0.1) is 0 Å². The van der Waals surface area contributed by atoms with E-state index in [1.165, 1.54) is 0 Å². The van der Waals surface area contributed by atoms with E-state index in [0.29, 0.717) is 12.2 Å². The number of hydrogen-bond donors (Lipinski definition) is 1. The Bertz CT molecular complexity index is 542. The number of rotatable bonds is 5. The number of carbonyl (C=O) groups is 1. The summed E-state index contributed by atoms with van der Waals surface area (Å²) in [6.45, 7) is 2.60. The van der Waals surface area contributed by atoms with E-state index in [2.05, 4.69) is 4.98 Å². The number of hydrogen-bond acceptors (Lipinski definition) is 3. The van der Waals surface area contributed by atoms with Gasteiger partial charge >= 0.3 is 0 Å². The van der Waals surface area contributed by atoms with Crippen LogP contribution in [0.15, 0.2) is 48.7 Å². The molecule has 1 amide bonds. The number of amides is 1. The lowest BCUT2D eigenvalue weighted by Crippen LogP contribution is -2.26. The molecule has 1 unspecified atom stereocenters. The molecule has 1 heterocycles. The van der Waals surface area contributed by atoms with E-state index in [0.717, 1.165) is 17.8 Å². The van der Waals surface area contributed by atoms with Crippen molar-refractivity contribution in [1.29, 1.82) is 0 Å². The van der Waals surface area contributed by atoms with E-state index in [9.17, 15) is 4.79 Å². The summed E-state index contributed by atoms with van der Waals surface area (Å²) in [5.41, 5.74) is 8.21. The number of para-hydroxylation sites is 1. The Morgan fingerprint density at radius 3 is 2.68 bits per heavy atom. The molecule has 2 N–H and O–H groups in total. The van der Waals surface area contributed by atoms with Crippen molar-refractivity contribution >= 4 is 17.8 Å². The topological polar surface area (TPSA) is 59.2 Å². The molecule has 4 nitrogen and oxygen atoms in total. The second kappa shape index (κ2) is 6.00. The second-order valence-electron chi connectivity index (χ2n) is 4.51. The first-order valence-corrected chi connectivity index (χ1v) is 6.19. The Hall–Kier alpha value is -2.36. The standard InChI is InChI=1S/C15H17N3O/c1-12(15-9-13(16)7-8-17-15)10-18(11-19)14-5-3-2-4-6-14/h2-9,11-12H,10H2,1H3,(H2,16,17). The van der Waals surface area contributed by atoms with Crippen LogP contribution in [0.1, 0.15) is 18.5 Å². The van der Waals surface area contributed by atoms with Gasteiger partial charge in [0.15, 0.2) is 0 Å². The molecule has 4 heteroatoms. The van der Waals surface area contributed by atoms with Gasteiger partial charge in [-0.2, -0.15) is 0 Å². The maximum atomic E-state index is 11.2. The van der Waals surface area contributed by atoms with Crippen LogP contribution in [-0.2, 0) is 4.79 Å². The lowest BCUT2D eigenvalue weighted by molar-refractivity contribution is -0.107. The molecule has 0 spiro atoms. The highest BCUT2D eigenvalue weighted by atomic mass is 16.1. The minimum absolute atomic E-state index is 0.119. The number of benzene rings is 1. The third-order valence-electron chi connectivity index (χ3n) is 3.00. The molecular weight excluding hydrogens is 238 g/mol. The van der Waals surface area contributed by atoms with Gasteiger partial charge in [-0.1, -0.05) is 25.1 Å². The average molecular weight is 255 g/mol. The van der Waals surface area contributed by atoms with Gasteiger partial charge in [0.2, 0.25) is 6.41 Å². The zero-order chi connectivity index (χ0) is 13.7. The number of nitrogens with two attached hydrogens (primary N) is 1. The van der Waals surface area contributed by atoms with Crippen molar-refractivity contribution in [2.75, 3.05) is 17.2 Å². The summed E-state index contributed by atoms with van der Waals surface area (Å²) in [5.74, 6) is 0.119. The number of pyridine rings is 1. The molecule has 0 aliphatic heterocycles. The summed E-state index contributed by atoms with van der Waals surface area (Å²) in [5, 5.41) is 0. The largest absolute Gasteiger partial charge is 0.399 e. The Morgan fingerprint density at radius 1 is 1.32 bits per heavy atom. The molecule has 1 aromatic carbocycles. The Kier molecular flexibility index (Phi) is 4.13. The average Bonchev–Trinajstić information content (AvgIpc) is 2.45. The van der Waals surface area contributed by atoms with Crippen LogP contribution in [0.3, 0.4) is 0 Å². The molecule has 98 valence electrons. The normalized spacial score (nSPS) is 11.8. The first-order chi connectivity index (χ1) is 9.20. The van der Waals surface area contributed by atoms with E-state index in [1.54, 1.807) is 17.2 Å². The predicted molar refractivity (Wildman–Crippen MR) is 76.9 cm³/mol. The number of carbonyl (C=O) groups excluding carboxylic acids is 1. The molecule has 0 fully saturated rings. The van der Waals surface area contributed by atoms with Gasteiger partial charge in [-0.05, 0) is 24.3 Å². The fourth-order valence-corrected chi connectivity index (χ4v) is 1.95. The Balaban J connectivity index is 2.13. The first-order valence-electron chi connectivity index (χ1n) is 6.19. The van der Waals surface area contributed by atoms with Crippen LogP contribution in [-0.4, -0.2) is 17.9 Å². The number of anilines is 2.